The third kappa shape index (κ3) is 6.53. The lowest BCUT2D eigenvalue weighted by Crippen LogP contribution is -2.27. The molecule has 1 N–H and O–H groups in total. The monoisotopic (exact) mass is 568 g/mol. The predicted molar refractivity (Wildman–Crippen MR) is 160 cm³/mol. The van der Waals surface area contributed by atoms with Crippen molar-refractivity contribution in [3.8, 4) is 17.2 Å². The van der Waals surface area contributed by atoms with Gasteiger partial charge in [0, 0.05) is 0 Å². The van der Waals surface area contributed by atoms with Crippen molar-refractivity contribution >= 4 is 51.4 Å². The van der Waals surface area contributed by atoms with E-state index in [1.807, 2.05) is 55.5 Å². The van der Waals surface area contributed by atoms with Gasteiger partial charge in [0.15, 0.2) is 18.1 Å². The molecule has 0 radical (unpaired) electrons. The summed E-state index contributed by atoms with van der Waals surface area (Å²) >= 11 is 0.900. The van der Waals surface area contributed by atoms with E-state index in [-0.39, 0.29) is 30.2 Å². The maximum Gasteiger partial charge on any atom is 0.293 e. The third-order valence-electron chi connectivity index (χ3n) is 6.33. The first-order chi connectivity index (χ1) is 19.9. The Kier molecular flexibility index (Phi) is 8.55. The fourth-order valence-electron chi connectivity index (χ4n) is 4.38. The minimum atomic E-state index is -0.358. The van der Waals surface area contributed by atoms with Gasteiger partial charge in [-0.15, -0.1) is 0 Å². The van der Waals surface area contributed by atoms with Crippen molar-refractivity contribution in [3.05, 3.63) is 101 Å². The standard InChI is InChI=1S/C32H28N2O6S/c1-3-39-26-11-7-6-10-25(26)33-30(35)20-40-27-15-13-21(17-28(27)38-2)18-29-31(36)34(32(37)41-29)19-22-12-14-23-8-4-5-9-24(23)16-22/h4-18H,3,19-20H2,1-2H3,(H,33,35)/b29-18-. The van der Waals surface area contributed by atoms with Gasteiger partial charge in [-0.1, -0.05) is 54.6 Å². The summed E-state index contributed by atoms with van der Waals surface area (Å²) in [4.78, 5) is 39.9. The van der Waals surface area contributed by atoms with Crippen LogP contribution in [-0.4, -0.2) is 42.3 Å². The van der Waals surface area contributed by atoms with Crippen LogP contribution in [0.4, 0.5) is 10.5 Å². The molecule has 1 heterocycles. The van der Waals surface area contributed by atoms with Crippen LogP contribution < -0.4 is 19.5 Å². The second kappa shape index (κ2) is 12.6. The van der Waals surface area contributed by atoms with Gasteiger partial charge in [-0.2, -0.15) is 0 Å². The van der Waals surface area contributed by atoms with Crippen LogP contribution in [0.3, 0.4) is 0 Å². The number of nitrogens with zero attached hydrogens (tertiary/aromatic N) is 1. The molecule has 0 atom stereocenters. The van der Waals surface area contributed by atoms with E-state index in [1.54, 1.807) is 42.5 Å². The summed E-state index contributed by atoms with van der Waals surface area (Å²) in [6.45, 7) is 2.29. The molecule has 0 spiro atoms. The highest BCUT2D eigenvalue weighted by molar-refractivity contribution is 8.18. The molecule has 1 aliphatic rings. The number of rotatable bonds is 10. The third-order valence-corrected chi connectivity index (χ3v) is 7.24. The molecule has 1 saturated heterocycles. The summed E-state index contributed by atoms with van der Waals surface area (Å²) in [5.74, 6) is 0.616. The highest BCUT2D eigenvalue weighted by Crippen LogP contribution is 2.35. The van der Waals surface area contributed by atoms with E-state index in [2.05, 4.69) is 5.32 Å². The molecule has 1 aliphatic heterocycles. The molecule has 41 heavy (non-hydrogen) atoms. The van der Waals surface area contributed by atoms with E-state index in [0.717, 1.165) is 28.1 Å². The molecule has 4 aromatic carbocycles. The lowest BCUT2D eigenvalue weighted by Gasteiger charge is -2.14. The number of methoxy groups -OCH3 is 1. The highest BCUT2D eigenvalue weighted by Gasteiger charge is 2.35. The van der Waals surface area contributed by atoms with Crippen molar-refractivity contribution in [1.29, 1.82) is 0 Å². The van der Waals surface area contributed by atoms with E-state index in [4.69, 9.17) is 14.2 Å². The van der Waals surface area contributed by atoms with Gasteiger partial charge in [0.25, 0.3) is 17.1 Å². The number of anilines is 1. The Morgan fingerprint density at radius 1 is 0.878 bits per heavy atom. The molecule has 208 valence electrons. The Hall–Kier alpha value is -4.76. The molecule has 8 nitrogen and oxygen atoms in total. The first kappa shape index (κ1) is 27.8. The Morgan fingerprint density at radius 3 is 2.46 bits per heavy atom. The normalized spacial score (nSPS) is 14.0. The summed E-state index contributed by atoms with van der Waals surface area (Å²) in [6.07, 6.45) is 1.65. The minimum Gasteiger partial charge on any atom is -0.493 e. The van der Waals surface area contributed by atoms with E-state index >= 15 is 0 Å². The molecule has 9 heteroatoms. The average molecular weight is 569 g/mol. The maximum absolute atomic E-state index is 13.1. The van der Waals surface area contributed by atoms with Crippen LogP contribution in [0.15, 0.2) is 89.8 Å². The molecule has 0 unspecified atom stereocenters. The molecule has 0 saturated carbocycles. The van der Waals surface area contributed by atoms with E-state index in [1.165, 1.54) is 12.0 Å². The summed E-state index contributed by atoms with van der Waals surface area (Å²) in [5.41, 5.74) is 2.08. The average Bonchev–Trinajstić information content (AvgIpc) is 3.24. The zero-order chi connectivity index (χ0) is 28.8. The van der Waals surface area contributed by atoms with Crippen LogP contribution >= 0.6 is 11.8 Å². The van der Waals surface area contributed by atoms with Gasteiger partial charge in [0.2, 0.25) is 0 Å². The number of nitrogens with one attached hydrogen (secondary N) is 1. The number of fused-ring (bicyclic) bond motifs is 1. The minimum absolute atomic E-state index is 0.194. The van der Waals surface area contributed by atoms with Crippen molar-refractivity contribution in [1.82, 2.24) is 4.90 Å². The second-order valence-corrected chi connectivity index (χ2v) is 10.1. The summed E-state index contributed by atoms with van der Waals surface area (Å²) in [7, 11) is 1.49. The van der Waals surface area contributed by atoms with Crippen molar-refractivity contribution in [3.63, 3.8) is 0 Å². The molecule has 5 rings (SSSR count). The molecule has 0 aliphatic carbocycles. The Labute approximate surface area is 241 Å². The second-order valence-electron chi connectivity index (χ2n) is 9.13. The van der Waals surface area contributed by atoms with Crippen LogP contribution in [0.2, 0.25) is 0 Å². The van der Waals surface area contributed by atoms with Crippen LogP contribution in [0.1, 0.15) is 18.1 Å². The molecule has 3 amide bonds. The van der Waals surface area contributed by atoms with Gasteiger partial charge in [0.05, 0.1) is 30.9 Å². The summed E-state index contributed by atoms with van der Waals surface area (Å²) in [6, 6.07) is 26.1. The van der Waals surface area contributed by atoms with Gasteiger partial charge in [-0.05, 0) is 77.0 Å². The van der Waals surface area contributed by atoms with Gasteiger partial charge < -0.3 is 19.5 Å². The van der Waals surface area contributed by atoms with Crippen molar-refractivity contribution in [2.75, 3.05) is 25.6 Å². The number of carbonyl (C=O) groups is 3. The zero-order valence-electron chi connectivity index (χ0n) is 22.6. The van der Waals surface area contributed by atoms with Crippen LogP contribution in [0.25, 0.3) is 16.8 Å². The van der Waals surface area contributed by atoms with Gasteiger partial charge >= 0.3 is 0 Å². The van der Waals surface area contributed by atoms with Crippen molar-refractivity contribution in [2.45, 2.75) is 13.5 Å². The number of imide groups is 1. The van der Waals surface area contributed by atoms with E-state index < -0.39 is 0 Å². The fraction of sp³-hybridized carbons (Fsp3) is 0.156. The van der Waals surface area contributed by atoms with Gasteiger partial charge in [-0.3, -0.25) is 19.3 Å². The highest BCUT2D eigenvalue weighted by atomic mass is 32.2. The Morgan fingerprint density at radius 2 is 1.66 bits per heavy atom. The Balaban J connectivity index is 1.24. The molecule has 1 fully saturated rings. The number of amides is 3. The smallest absolute Gasteiger partial charge is 0.293 e. The molecule has 4 aromatic rings. The number of para-hydroxylation sites is 2. The number of hydrogen-bond donors (Lipinski definition) is 1. The van der Waals surface area contributed by atoms with Crippen molar-refractivity contribution in [2.24, 2.45) is 0 Å². The van der Waals surface area contributed by atoms with Crippen LogP contribution in [0, 0.1) is 0 Å². The lowest BCUT2D eigenvalue weighted by molar-refractivity contribution is -0.123. The molecule has 0 bridgehead atoms. The van der Waals surface area contributed by atoms with Gasteiger partial charge in [0.1, 0.15) is 5.75 Å². The fourth-order valence-corrected chi connectivity index (χ4v) is 5.22. The number of hydrogen-bond acceptors (Lipinski definition) is 7. The van der Waals surface area contributed by atoms with Crippen LogP contribution in [0.5, 0.6) is 17.2 Å². The number of ether oxygens (including phenoxy) is 3. The number of carbonyl (C=O) groups excluding carboxylic acids is 3. The van der Waals surface area contributed by atoms with E-state index in [9.17, 15) is 14.4 Å². The van der Waals surface area contributed by atoms with E-state index in [0.29, 0.717) is 40.0 Å². The number of benzene rings is 4. The Bertz CT molecular complexity index is 1650. The summed E-state index contributed by atoms with van der Waals surface area (Å²) < 4.78 is 16.7. The largest absolute Gasteiger partial charge is 0.493 e. The summed E-state index contributed by atoms with van der Waals surface area (Å²) in [5, 5.41) is 4.61. The molecular formula is C32H28N2O6S. The maximum atomic E-state index is 13.1. The zero-order valence-corrected chi connectivity index (χ0v) is 23.4. The quantitative estimate of drug-likeness (QED) is 0.218. The molecular weight excluding hydrogens is 540 g/mol. The first-order valence-corrected chi connectivity index (χ1v) is 13.8. The van der Waals surface area contributed by atoms with Crippen molar-refractivity contribution < 1.29 is 28.6 Å². The molecule has 0 aromatic heterocycles. The topological polar surface area (TPSA) is 94.2 Å². The van der Waals surface area contributed by atoms with Crippen LogP contribution in [-0.2, 0) is 16.1 Å². The SMILES string of the molecule is CCOc1ccccc1NC(=O)COc1ccc(/C=C2\SC(=O)N(Cc3ccc4ccccc4c3)C2=O)cc1OC. The lowest BCUT2D eigenvalue weighted by atomic mass is 10.1. The van der Waals surface area contributed by atoms with Gasteiger partial charge in [-0.25, -0.2) is 0 Å². The number of thioether (sulfide) groups is 1. The first-order valence-electron chi connectivity index (χ1n) is 13.0. The predicted octanol–water partition coefficient (Wildman–Crippen LogP) is 6.50.